The van der Waals surface area contributed by atoms with Crippen LogP contribution in [0.3, 0.4) is 0 Å². The maximum Gasteiger partial charge on any atom is 0.343 e. The molecule has 7 nitrogen and oxygen atoms in total. The second-order valence-corrected chi connectivity index (χ2v) is 10.8. The van der Waals surface area contributed by atoms with Crippen LogP contribution in [0.25, 0.3) is 27.7 Å². The van der Waals surface area contributed by atoms with E-state index in [2.05, 4.69) is 24.0 Å². The molecule has 4 aromatic rings. The number of benzene rings is 2. The van der Waals surface area contributed by atoms with Crippen molar-refractivity contribution >= 4 is 28.6 Å². The lowest BCUT2D eigenvalue weighted by Gasteiger charge is -2.32. The summed E-state index contributed by atoms with van der Waals surface area (Å²) in [5, 5.41) is 5.87. The van der Waals surface area contributed by atoms with Gasteiger partial charge in [0.25, 0.3) is 0 Å². The summed E-state index contributed by atoms with van der Waals surface area (Å²) in [6, 6.07) is 18.0. The average molecular weight is 525 g/mol. The van der Waals surface area contributed by atoms with Crippen molar-refractivity contribution in [3.63, 3.8) is 0 Å². The Balaban J connectivity index is 1.48. The van der Waals surface area contributed by atoms with Crippen LogP contribution in [-0.4, -0.2) is 39.3 Å². The Morgan fingerprint density at radius 2 is 1.74 bits per heavy atom. The summed E-state index contributed by atoms with van der Waals surface area (Å²) < 4.78 is 7.02. The van der Waals surface area contributed by atoms with Crippen LogP contribution in [-0.2, 0) is 9.53 Å². The van der Waals surface area contributed by atoms with Gasteiger partial charge in [-0.05, 0) is 82.2 Å². The van der Waals surface area contributed by atoms with E-state index < -0.39 is 5.97 Å². The monoisotopic (exact) mass is 524 g/mol. The largest absolute Gasteiger partial charge is 0.462 e. The van der Waals surface area contributed by atoms with Gasteiger partial charge in [-0.25, -0.2) is 9.48 Å². The summed E-state index contributed by atoms with van der Waals surface area (Å²) in [4.78, 5) is 33.0. The van der Waals surface area contributed by atoms with E-state index in [1.54, 1.807) is 22.7 Å². The SMILES string of the molecule is CCOC(=O)c1cn(-c2ccc(-c3cnc4ccccc4c3)cc2)nc1N(C(=O)C1CCC(C)CC1)C(C)C. The van der Waals surface area contributed by atoms with E-state index in [9.17, 15) is 9.59 Å². The number of aromatic nitrogens is 3. The molecule has 1 saturated carbocycles. The molecule has 1 aliphatic rings. The normalized spacial score (nSPS) is 17.4. The number of rotatable bonds is 7. The van der Waals surface area contributed by atoms with E-state index in [0.29, 0.717) is 17.3 Å². The summed E-state index contributed by atoms with van der Waals surface area (Å²) in [6.45, 7) is 8.18. The Bertz CT molecular complexity index is 1470. The number of esters is 1. The minimum absolute atomic E-state index is 0.0341. The van der Waals surface area contributed by atoms with Crippen molar-refractivity contribution in [1.29, 1.82) is 0 Å². The molecule has 2 aromatic carbocycles. The lowest BCUT2D eigenvalue weighted by Crippen LogP contribution is -2.43. The summed E-state index contributed by atoms with van der Waals surface area (Å²) in [6.07, 6.45) is 7.36. The summed E-state index contributed by atoms with van der Waals surface area (Å²) >= 11 is 0. The number of para-hydroxylation sites is 1. The first-order valence-electron chi connectivity index (χ1n) is 13.9. The number of fused-ring (bicyclic) bond motifs is 1. The third-order valence-corrected chi connectivity index (χ3v) is 7.59. The Morgan fingerprint density at radius 1 is 1.03 bits per heavy atom. The predicted molar refractivity (Wildman–Crippen MR) is 154 cm³/mol. The van der Waals surface area contributed by atoms with Crippen LogP contribution in [0.2, 0.25) is 0 Å². The van der Waals surface area contributed by atoms with Crippen molar-refractivity contribution in [2.45, 2.75) is 59.4 Å². The average Bonchev–Trinajstić information content (AvgIpc) is 3.38. The molecule has 1 amide bonds. The third-order valence-electron chi connectivity index (χ3n) is 7.59. The molecule has 7 heteroatoms. The van der Waals surface area contributed by atoms with Crippen LogP contribution >= 0.6 is 0 Å². The molecule has 1 fully saturated rings. The summed E-state index contributed by atoms with van der Waals surface area (Å²) in [5.74, 6) is 0.498. The molecule has 202 valence electrons. The van der Waals surface area contributed by atoms with Crippen molar-refractivity contribution in [2.75, 3.05) is 11.5 Å². The number of ether oxygens (including phenoxy) is 1. The molecule has 2 aromatic heterocycles. The Morgan fingerprint density at radius 3 is 2.44 bits per heavy atom. The van der Waals surface area contributed by atoms with Crippen molar-refractivity contribution in [3.8, 4) is 16.8 Å². The first kappa shape index (κ1) is 26.6. The molecule has 39 heavy (non-hydrogen) atoms. The zero-order valence-corrected chi connectivity index (χ0v) is 23.1. The lowest BCUT2D eigenvalue weighted by atomic mass is 9.82. The minimum Gasteiger partial charge on any atom is -0.462 e. The molecule has 0 aliphatic heterocycles. The Labute approximate surface area is 229 Å². The summed E-state index contributed by atoms with van der Waals surface area (Å²) in [7, 11) is 0. The number of anilines is 1. The van der Waals surface area contributed by atoms with Gasteiger partial charge in [-0.2, -0.15) is 0 Å². The fourth-order valence-corrected chi connectivity index (χ4v) is 5.37. The Hall–Kier alpha value is -4.00. The molecule has 0 radical (unpaired) electrons. The highest BCUT2D eigenvalue weighted by atomic mass is 16.5. The molecule has 1 aliphatic carbocycles. The second kappa shape index (κ2) is 11.4. The quantitative estimate of drug-likeness (QED) is 0.248. The predicted octanol–water partition coefficient (Wildman–Crippen LogP) is 6.83. The zero-order chi connectivity index (χ0) is 27.5. The molecule has 5 rings (SSSR count). The van der Waals surface area contributed by atoms with Gasteiger partial charge in [0.1, 0.15) is 5.56 Å². The molecule has 0 saturated heterocycles. The number of hydrogen-bond acceptors (Lipinski definition) is 5. The van der Waals surface area contributed by atoms with E-state index in [1.165, 1.54) is 0 Å². The van der Waals surface area contributed by atoms with Crippen molar-refractivity contribution in [3.05, 3.63) is 72.6 Å². The van der Waals surface area contributed by atoms with Crippen molar-refractivity contribution < 1.29 is 14.3 Å². The molecule has 0 bridgehead atoms. The van der Waals surface area contributed by atoms with Gasteiger partial charge in [0.15, 0.2) is 5.82 Å². The van der Waals surface area contributed by atoms with Crippen LogP contribution in [0.15, 0.2) is 67.0 Å². The number of carbonyl (C=O) groups is 2. The molecule has 0 N–H and O–H groups in total. The standard InChI is InChI=1S/C32H36N4O3/c1-5-39-32(38)28-20-35(34-30(28)36(21(2)3)31(37)24-12-10-22(4)11-13-24)27-16-14-23(15-17-27)26-18-25-8-6-7-9-29(25)33-19-26/h6-9,14-22,24H,5,10-13H2,1-4H3. The highest BCUT2D eigenvalue weighted by Crippen LogP contribution is 2.33. The van der Waals surface area contributed by atoms with Crippen molar-refractivity contribution in [2.24, 2.45) is 11.8 Å². The van der Waals surface area contributed by atoms with Crippen LogP contribution in [0.4, 0.5) is 5.82 Å². The fourth-order valence-electron chi connectivity index (χ4n) is 5.37. The van der Waals surface area contributed by atoms with Gasteiger partial charge in [0.05, 0.1) is 17.8 Å². The Kier molecular flexibility index (Phi) is 7.77. The van der Waals surface area contributed by atoms with E-state index in [4.69, 9.17) is 9.84 Å². The van der Waals surface area contributed by atoms with Crippen LogP contribution in [0.1, 0.15) is 63.7 Å². The number of amides is 1. The van der Waals surface area contributed by atoms with E-state index in [-0.39, 0.29) is 24.5 Å². The van der Waals surface area contributed by atoms with E-state index in [0.717, 1.165) is 53.4 Å². The number of hydrogen-bond donors (Lipinski definition) is 0. The molecule has 2 heterocycles. The smallest absolute Gasteiger partial charge is 0.343 e. The third kappa shape index (κ3) is 5.58. The van der Waals surface area contributed by atoms with Crippen LogP contribution in [0.5, 0.6) is 0 Å². The first-order valence-corrected chi connectivity index (χ1v) is 13.9. The first-order chi connectivity index (χ1) is 18.9. The molecule has 0 spiro atoms. The highest BCUT2D eigenvalue weighted by molar-refractivity contribution is 6.02. The van der Waals surface area contributed by atoms with Gasteiger partial charge < -0.3 is 4.74 Å². The number of pyridine rings is 1. The van der Waals surface area contributed by atoms with E-state index >= 15 is 0 Å². The van der Waals surface area contributed by atoms with Gasteiger partial charge in [-0.3, -0.25) is 14.7 Å². The summed E-state index contributed by atoms with van der Waals surface area (Å²) in [5.41, 5.74) is 4.09. The molecular formula is C32H36N4O3. The van der Waals surface area contributed by atoms with Gasteiger partial charge in [0, 0.05) is 35.3 Å². The number of carbonyl (C=O) groups excluding carboxylic acids is 2. The molecule has 0 atom stereocenters. The maximum absolute atomic E-state index is 13.7. The van der Waals surface area contributed by atoms with Crippen molar-refractivity contribution in [1.82, 2.24) is 14.8 Å². The van der Waals surface area contributed by atoms with Crippen LogP contribution in [0, 0.1) is 11.8 Å². The van der Waals surface area contributed by atoms with Gasteiger partial charge in [-0.1, -0.05) is 37.3 Å². The van der Waals surface area contributed by atoms with Gasteiger partial charge >= 0.3 is 5.97 Å². The van der Waals surface area contributed by atoms with Gasteiger partial charge in [-0.15, -0.1) is 5.10 Å². The molecular weight excluding hydrogens is 488 g/mol. The highest BCUT2D eigenvalue weighted by Gasteiger charge is 2.34. The van der Waals surface area contributed by atoms with E-state index in [1.807, 2.05) is 62.5 Å². The van der Waals surface area contributed by atoms with Gasteiger partial charge in [0.2, 0.25) is 5.91 Å². The zero-order valence-electron chi connectivity index (χ0n) is 23.1. The second-order valence-electron chi connectivity index (χ2n) is 10.8. The topological polar surface area (TPSA) is 77.3 Å². The minimum atomic E-state index is -0.478. The van der Waals surface area contributed by atoms with Crippen LogP contribution < -0.4 is 4.90 Å². The number of nitrogens with zero attached hydrogens (tertiary/aromatic N) is 4. The fraction of sp³-hybridized carbons (Fsp3) is 0.375. The maximum atomic E-state index is 13.7. The lowest BCUT2D eigenvalue weighted by molar-refractivity contribution is -0.124. The molecule has 0 unspecified atom stereocenters.